The van der Waals surface area contributed by atoms with E-state index < -0.39 is 23.7 Å². The lowest BCUT2D eigenvalue weighted by molar-refractivity contribution is -0.157. The van der Waals surface area contributed by atoms with E-state index in [2.05, 4.69) is 55.5 Å². The van der Waals surface area contributed by atoms with E-state index in [1.807, 2.05) is 78.9 Å². The Kier molecular flexibility index (Phi) is 14.3. The van der Waals surface area contributed by atoms with Crippen LogP contribution in [0.1, 0.15) is 129 Å². The fourth-order valence-corrected chi connectivity index (χ4v) is 10.5. The molecule has 63 heavy (non-hydrogen) atoms. The zero-order valence-corrected chi connectivity index (χ0v) is 37.6. The van der Waals surface area contributed by atoms with Crippen molar-refractivity contribution in [3.05, 3.63) is 166 Å². The van der Waals surface area contributed by atoms with Crippen LogP contribution in [0.3, 0.4) is 0 Å². The number of fused-ring (bicyclic) bond motifs is 3. The summed E-state index contributed by atoms with van der Waals surface area (Å²) in [6.07, 6.45) is 11.9. The molecule has 1 heterocycles. The lowest BCUT2D eigenvalue weighted by Crippen LogP contribution is -2.52. The van der Waals surface area contributed by atoms with Crippen LogP contribution in [-0.4, -0.2) is 60.6 Å². The van der Waals surface area contributed by atoms with Gasteiger partial charge in [-0.2, -0.15) is 0 Å². The van der Waals surface area contributed by atoms with E-state index in [0.717, 1.165) is 59.1 Å². The number of nitrogens with zero attached hydrogens (tertiary/aromatic N) is 2. The smallest absolute Gasteiger partial charge is 0.410 e. The maximum Gasteiger partial charge on any atom is 0.410 e. The van der Waals surface area contributed by atoms with Crippen molar-refractivity contribution >= 4 is 29.6 Å². The van der Waals surface area contributed by atoms with Crippen LogP contribution >= 0.6 is 11.6 Å². The van der Waals surface area contributed by atoms with Crippen LogP contribution < -0.4 is 0 Å². The molecule has 0 spiro atoms. The van der Waals surface area contributed by atoms with Gasteiger partial charge in [-0.25, -0.2) is 4.79 Å². The number of hydrogen-bond acceptors (Lipinski definition) is 5. The van der Waals surface area contributed by atoms with Crippen LogP contribution in [0.2, 0.25) is 5.02 Å². The van der Waals surface area contributed by atoms with Gasteiger partial charge in [0.1, 0.15) is 12.6 Å². The summed E-state index contributed by atoms with van der Waals surface area (Å²) in [6, 6.07) is 40.9. The van der Waals surface area contributed by atoms with E-state index in [4.69, 9.17) is 21.1 Å². The summed E-state index contributed by atoms with van der Waals surface area (Å²) in [7, 11) is 1.55. The van der Waals surface area contributed by atoms with E-state index in [-0.39, 0.29) is 24.9 Å². The fourth-order valence-electron chi connectivity index (χ4n) is 10.2. The van der Waals surface area contributed by atoms with Crippen molar-refractivity contribution < 1.29 is 23.9 Å². The van der Waals surface area contributed by atoms with Gasteiger partial charge < -0.3 is 14.4 Å². The molecule has 2 fully saturated rings. The van der Waals surface area contributed by atoms with Gasteiger partial charge in [0, 0.05) is 47.8 Å². The molecular weight excluding hydrogens is 804 g/mol. The second kappa shape index (κ2) is 20.4. The molecule has 1 unspecified atom stereocenters. The molecule has 3 aliphatic rings. The van der Waals surface area contributed by atoms with Gasteiger partial charge in [0.05, 0.1) is 6.42 Å². The van der Waals surface area contributed by atoms with Crippen LogP contribution in [0.15, 0.2) is 127 Å². The predicted molar refractivity (Wildman–Crippen MR) is 251 cm³/mol. The van der Waals surface area contributed by atoms with Gasteiger partial charge in [0.15, 0.2) is 5.60 Å². The van der Waals surface area contributed by atoms with Gasteiger partial charge >= 0.3 is 12.1 Å². The molecular formula is C55H61ClN2O5. The Hall–Kier alpha value is -5.40. The zero-order chi connectivity index (χ0) is 43.8. The number of carbonyl (C=O) groups is 3. The van der Waals surface area contributed by atoms with Crippen LogP contribution in [-0.2, 0) is 24.7 Å². The van der Waals surface area contributed by atoms with Crippen molar-refractivity contribution in [2.45, 2.75) is 107 Å². The van der Waals surface area contributed by atoms with Crippen molar-refractivity contribution in [3.8, 4) is 11.1 Å². The summed E-state index contributed by atoms with van der Waals surface area (Å²) >= 11 is 7.10. The highest BCUT2D eigenvalue weighted by molar-refractivity contribution is 6.31. The molecule has 5 aromatic rings. The molecule has 2 aliphatic carbocycles. The number of benzene rings is 5. The number of esters is 1. The van der Waals surface area contributed by atoms with Crippen molar-refractivity contribution in [3.63, 3.8) is 0 Å². The first kappa shape index (κ1) is 44.2. The van der Waals surface area contributed by atoms with Crippen molar-refractivity contribution in [2.75, 3.05) is 26.7 Å². The second-order valence-corrected chi connectivity index (χ2v) is 18.4. The third kappa shape index (κ3) is 9.74. The van der Waals surface area contributed by atoms with Gasteiger partial charge in [-0.1, -0.05) is 185 Å². The van der Waals surface area contributed by atoms with Gasteiger partial charge in [-0.15, -0.1) is 0 Å². The monoisotopic (exact) mass is 864 g/mol. The van der Waals surface area contributed by atoms with Crippen molar-refractivity contribution in [1.82, 2.24) is 9.80 Å². The molecule has 1 saturated carbocycles. The SMILES string of the molecule is CC1CCN(C(=O)[C@H](CC(=O)OC(c2ccccc2)(c2ccc(C3CCCCCCCCC3)cc2)c2ccccc2Cl)N(C)C(=O)OCC2c3ccccc3-c3ccccc32)CC1. The van der Waals surface area contributed by atoms with Crippen LogP contribution in [0.25, 0.3) is 11.1 Å². The number of likely N-dealkylation sites (N-methyl/N-ethyl adjacent to an activating group) is 1. The summed E-state index contributed by atoms with van der Waals surface area (Å²) in [6.45, 7) is 3.37. The first-order valence-corrected chi connectivity index (χ1v) is 23.6. The highest BCUT2D eigenvalue weighted by Crippen LogP contribution is 2.46. The first-order valence-electron chi connectivity index (χ1n) is 23.2. The molecule has 0 aromatic heterocycles. The summed E-state index contributed by atoms with van der Waals surface area (Å²) < 4.78 is 13.0. The van der Waals surface area contributed by atoms with E-state index in [1.54, 1.807) is 11.9 Å². The number of halogens is 1. The maximum absolute atomic E-state index is 14.9. The van der Waals surface area contributed by atoms with Crippen molar-refractivity contribution in [2.24, 2.45) is 5.92 Å². The molecule has 2 atom stereocenters. The first-order chi connectivity index (χ1) is 30.7. The zero-order valence-electron chi connectivity index (χ0n) is 36.9. The Bertz CT molecular complexity index is 2290. The molecule has 0 radical (unpaired) electrons. The Morgan fingerprint density at radius 2 is 1.22 bits per heavy atom. The quantitative estimate of drug-likeness (QED) is 0.0976. The number of hydrogen-bond donors (Lipinski definition) is 0. The largest absolute Gasteiger partial charge is 0.448 e. The Balaban J connectivity index is 1.11. The van der Waals surface area contributed by atoms with E-state index in [0.29, 0.717) is 35.5 Å². The predicted octanol–water partition coefficient (Wildman–Crippen LogP) is 12.7. The lowest BCUT2D eigenvalue weighted by atomic mass is 9.78. The normalized spacial score (nSPS) is 17.7. The minimum Gasteiger partial charge on any atom is -0.448 e. The molecule has 8 heteroatoms. The second-order valence-electron chi connectivity index (χ2n) is 18.0. The number of carbonyl (C=O) groups excluding carboxylic acids is 3. The van der Waals surface area contributed by atoms with Crippen molar-refractivity contribution in [1.29, 1.82) is 0 Å². The molecule has 328 valence electrons. The molecule has 2 amide bonds. The summed E-state index contributed by atoms with van der Waals surface area (Å²) in [5.74, 6) is -0.159. The highest BCUT2D eigenvalue weighted by Gasteiger charge is 2.44. The summed E-state index contributed by atoms with van der Waals surface area (Å²) in [4.78, 5) is 46.8. The number of rotatable bonds is 11. The molecule has 5 aromatic carbocycles. The number of ether oxygens (including phenoxy) is 2. The molecule has 8 rings (SSSR count). The maximum atomic E-state index is 14.9. The third-order valence-electron chi connectivity index (χ3n) is 13.9. The molecule has 1 aliphatic heterocycles. The Labute approximate surface area is 378 Å². The van der Waals surface area contributed by atoms with Crippen LogP contribution in [0.4, 0.5) is 4.79 Å². The molecule has 1 saturated heterocycles. The van der Waals surface area contributed by atoms with Gasteiger partial charge in [0.2, 0.25) is 5.91 Å². The highest BCUT2D eigenvalue weighted by atomic mass is 35.5. The average molecular weight is 866 g/mol. The average Bonchev–Trinajstić information content (AvgIpc) is 3.64. The van der Waals surface area contributed by atoms with Crippen LogP contribution in [0, 0.1) is 5.92 Å². The summed E-state index contributed by atoms with van der Waals surface area (Å²) in [5.41, 5.74) is 6.32. The van der Waals surface area contributed by atoms with E-state index >= 15 is 0 Å². The summed E-state index contributed by atoms with van der Waals surface area (Å²) in [5, 5.41) is 0.441. The van der Waals surface area contributed by atoms with E-state index in [1.165, 1.54) is 55.4 Å². The van der Waals surface area contributed by atoms with Crippen LogP contribution in [0.5, 0.6) is 0 Å². The molecule has 0 N–H and O–H groups in total. The number of likely N-dealkylation sites (tertiary alicyclic amines) is 1. The minimum absolute atomic E-state index is 0.0876. The number of piperidine rings is 1. The lowest BCUT2D eigenvalue weighted by Gasteiger charge is -2.38. The van der Waals surface area contributed by atoms with Gasteiger partial charge in [-0.3, -0.25) is 14.5 Å². The van der Waals surface area contributed by atoms with Gasteiger partial charge in [0.25, 0.3) is 0 Å². The minimum atomic E-state index is -1.47. The van der Waals surface area contributed by atoms with E-state index in [9.17, 15) is 14.4 Å². The topological polar surface area (TPSA) is 76.2 Å². The molecule has 0 bridgehead atoms. The standard InChI is InChI=1S/C55H61ClN2O5/c1-39-33-35-58(36-34-39)53(60)51(57(2)54(61)62-38-48-46-25-15-13-23-44(46)45-24-14-16-26-47(45)48)37-52(59)63-55(42-21-11-8-12-22-42,49-27-17-18-28-50(49)56)43-31-29-41(30-32-43)40-19-9-6-4-3-5-7-10-20-40/h8,11-18,21-32,39-40,48,51H,3-7,9-10,19-20,33-38H2,1-2H3/t51-,55?/m0/s1. The number of amides is 2. The molecule has 7 nitrogen and oxygen atoms in total. The Morgan fingerprint density at radius 3 is 1.84 bits per heavy atom. The van der Waals surface area contributed by atoms with Gasteiger partial charge in [-0.05, 0) is 71.4 Å². The fraction of sp³-hybridized carbons (Fsp3) is 0.400. The Morgan fingerprint density at radius 1 is 0.683 bits per heavy atom. The third-order valence-corrected chi connectivity index (χ3v) is 14.3.